The second kappa shape index (κ2) is 6.98. The molecule has 0 radical (unpaired) electrons. The topological polar surface area (TPSA) is 58.1 Å². The van der Waals surface area contributed by atoms with E-state index in [9.17, 15) is 4.79 Å². The molecule has 2 fully saturated rings. The number of carbonyl (C=O) groups is 1. The summed E-state index contributed by atoms with van der Waals surface area (Å²) in [6, 6.07) is 0.793. The highest BCUT2D eigenvalue weighted by Gasteiger charge is 2.29. The zero-order chi connectivity index (χ0) is 14.5. The van der Waals surface area contributed by atoms with Crippen LogP contribution in [-0.4, -0.2) is 46.5 Å². The van der Waals surface area contributed by atoms with Gasteiger partial charge in [-0.15, -0.1) is 0 Å². The maximum Gasteiger partial charge on any atom is 0.254 e. The lowest BCUT2D eigenvalue weighted by Gasteiger charge is -2.31. The van der Waals surface area contributed by atoms with E-state index in [0.29, 0.717) is 11.5 Å². The van der Waals surface area contributed by atoms with Crippen molar-refractivity contribution in [2.75, 3.05) is 19.6 Å². The van der Waals surface area contributed by atoms with E-state index >= 15 is 0 Å². The van der Waals surface area contributed by atoms with E-state index in [1.807, 2.05) is 0 Å². The van der Waals surface area contributed by atoms with Gasteiger partial charge in [0.1, 0.15) is 6.33 Å². The van der Waals surface area contributed by atoms with Gasteiger partial charge in [0.2, 0.25) is 0 Å². The molecule has 1 atom stereocenters. The predicted octanol–water partition coefficient (Wildman–Crippen LogP) is 1.86. The predicted molar refractivity (Wildman–Crippen MR) is 80.9 cm³/mol. The van der Waals surface area contributed by atoms with Crippen LogP contribution in [0.25, 0.3) is 0 Å². The number of rotatable bonds is 4. The Morgan fingerprint density at radius 3 is 2.71 bits per heavy atom. The molecule has 0 aromatic carbocycles. The second-order valence-electron chi connectivity index (χ2n) is 6.28. The Bertz CT molecular complexity index is 459. The fourth-order valence-electron chi connectivity index (χ4n) is 3.56. The summed E-state index contributed by atoms with van der Waals surface area (Å²) in [5, 5.41) is 3.02. The van der Waals surface area contributed by atoms with Crippen molar-refractivity contribution in [3.63, 3.8) is 0 Å². The number of amides is 1. The third-order valence-corrected chi connectivity index (χ3v) is 4.78. The highest BCUT2D eigenvalue weighted by molar-refractivity contribution is 5.93. The first-order valence-corrected chi connectivity index (χ1v) is 8.10. The first-order chi connectivity index (χ1) is 10.3. The van der Waals surface area contributed by atoms with Gasteiger partial charge in [0.25, 0.3) is 5.91 Å². The van der Waals surface area contributed by atoms with Crippen molar-refractivity contribution >= 4 is 5.91 Å². The molecule has 114 valence electrons. The van der Waals surface area contributed by atoms with Crippen molar-refractivity contribution in [3.8, 4) is 0 Å². The summed E-state index contributed by atoms with van der Waals surface area (Å²) in [4.78, 5) is 22.4. The first-order valence-electron chi connectivity index (χ1n) is 8.10. The third kappa shape index (κ3) is 3.79. The SMILES string of the molecule is O=C(NC[C@@H]1CCN(C2CCCCC2)C1)c1cncnc1. The van der Waals surface area contributed by atoms with E-state index in [0.717, 1.165) is 19.1 Å². The molecule has 1 saturated heterocycles. The molecule has 0 bridgehead atoms. The maximum atomic E-state index is 12.0. The second-order valence-corrected chi connectivity index (χ2v) is 6.28. The number of hydrogen-bond acceptors (Lipinski definition) is 4. The lowest BCUT2D eigenvalue weighted by Crippen LogP contribution is -2.36. The molecular formula is C16H24N4O. The van der Waals surface area contributed by atoms with Gasteiger partial charge in [-0.1, -0.05) is 19.3 Å². The Labute approximate surface area is 126 Å². The molecule has 5 nitrogen and oxygen atoms in total. The standard InChI is InChI=1S/C16H24N4O/c21-16(14-9-17-12-18-10-14)19-8-13-6-7-20(11-13)15-4-2-1-3-5-15/h9-10,12-13,15H,1-8,11H2,(H,19,21)/t13-/m0/s1. The Hall–Kier alpha value is -1.49. The van der Waals surface area contributed by atoms with E-state index in [-0.39, 0.29) is 5.91 Å². The largest absolute Gasteiger partial charge is 0.352 e. The van der Waals surface area contributed by atoms with Crippen molar-refractivity contribution in [1.82, 2.24) is 20.2 Å². The van der Waals surface area contributed by atoms with E-state index in [4.69, 9.17) is 0 Å². The minimum atomic E-state index is -0.0632. The number of likely N-dealkylation sites (tertiary alicyclic amines) is 1. The number of carbonyl (C=O) groups excluding carboxylic acids is 1. The van der Waals surface area contributed by atoms with Crippen LogP contribution in [0.2, 0.25) is 0 Å². The van der Waals surface area contributed by atoms with Crippen molar-refractivity contribution in [2.24, 2.45) is 5.92 Å². The molecule has 2 heterocycles. The normalized spacial score (nSPS) is 24.1. The van der Waals surface area contributed by atoms with Crippen LogP contribution in [0.4, 0.5) is 0 Å². The van der Waals surface area contributed by atoms with Crippen LogP contribution in [0, 0.1) is 5.92 Å². The van der Waals surface area contributed by atoms with E-state index in [1.165, 1.54) is 51.4 Å². The Morgan fingerprint density at radius 2 is 1.95 bits per heavy atom. The number of nitrogens with one attached hydrogen (secondary N) is 1. The van der Waals surface area contributed by atoms with Crippen LogP contribution in [0.1, 0.15) is 48.9 Å². The minimum absolute atomic E-state index is 0.0632. The molecule has 5 heteroatoms. The molecule has 3 rings (SSSR count). The molecule has 0 spiro atoms. The van der Waals surface area contributed by atoms with Crippen LogP contribution in [0.3, 0.4) is 0 Å². The molecular weight excluding hydrogens is 264 g/mol. The van der Waals surface area contributed by atoms with Crippen molar-refractivity contribution in [1.29, 1.82) is 0 Å². The molecule has 2 aliphatic rings. The fourth-order valence-corrected chi connectivity index (χ4v) is 3.56. The van der Waals surface area contributed by atoms with Gasteiger partial charge >= 0.3 is 0 Å². The summed E-state index contributed by atoms with van der Waals surface area (Å²) in [6.45, 7) is 3.09. The quantitative estimate of drug-likeness (QED) is 0.919. The van der Waals surface area contributed by atoms with Crippen molar-refractivity contribution < 1.29 is 4.79 Å². The fraction of sp³-hybridized carbons (Fsp3) is 0.688. The smallest absolute Gasteiger partial charge is 0.254 e. The number of aromatic nitrogens is 2. The van der Waals surface area contributed by atoms with Gasteiger partial charge in [0.15, 0.2) is 0 Å². The Balaban J connectivity index is 1.43. The average molecular weight is 288 g/mol. The van der Waals surface area contributed by atoms with Gasteiger partial charge in [-0.3, -0.25) is 4.79 Å². The van der Waals surface area contributed by atoms with E-state index in [2.05, 4.69) is 20.2 Å². The molecule has 1 saturated carbocycles. The molecule has 21 heavy (non-hydrogen) atoms. The molecule has 1 aliphatic heterocycles. The molecule has 1 aliphatic carbocycles. The van der Waals surface area contributed by atoms with Gasteiger partial charge in [-0.05, 0) is 31.7 Å². The van der Waals surface area contributed by atoms with Crippen molar-refractivity contribution in [2.45, 2.75) is 44.6 Å². The summed E-state index contributed by atoms with van der Waals surface area (Å²) in [5.74, 6) is 0.521. The van der Waals surface area contributed by atoms with Gasteiger partial charge in [-0.2, -0.15) is 0 Å². The summed E-state index contributed by atoms with van der Waals surface area (Å²) >= 11 is 0. The monoisotopic (exact) mass is 288 g/mol. The van der Waals surface area contributed by atoms with Crippen LogP contribution in [0.15, 0.2) is 18.7 Å². The summed E-state index contributed by atoms with van der Waals surface area (Å²) in [5.41, 5.74) is 0.541. The highest BCUT2D eigenvalue weighted by Crippen LogP contribution is 2.27. The van der Waals surface area contributed by atoms with Gasteiger partial charge in [0, 0.05) is 31.5 Å². The number of hydrogen-bond donors (Lipinski definition) is 1. The summed E-state index contributed by atoms with van der Waals surface area (Å²) in [6.07, 6.45) is 12.7. The highest BCUT2D eigenvalue weighted by atomic mass is 16.1. The lowest BCUT2D eigenvalue weighted by atomic mass is 9.94. The van der Waals surface area contributed by atoms with Gasteiger partial charge in [-0.25, -0.2) is 9.97 Å². The van der Waals surface area contributed by atoms with E-state index in [1.54, 1.807) is 12.4 Å². The zero-order valence-electron chi connectivity index (χ0n) is 12.5. The first kappa shape index (κ1) is 14.4. The third-order valence-electron chi connectivity index (χ3n) is 4.78. The summed E-state index contributed by atoms with van der Waals surface area (Å²) in [7, 11) is 0. The van der Waals surface area contributed by atoms with Crippen LogP contribution < -0.4 is 5.32 Å². The number of nitrogens with zero attached hydrogens (tertiary/aromatic N) is 3. The molecule has 1 N–H and O–H groups in total. The zero-order valence-corrected chi connectivity index (χ0v) is 12.5. The molecule has 1 aromatic rings. The Morgan fingerprint density at radius 1 is 1.19 bits per heavy atom. The molecule has 1 aromatic heterocycles. The average Bonchev–Trinajstić information content (AvgIpc) is 3.03. The van der Waals surface area contributed by atoms with Crippen LogP contribution >= 0.6 is 0 Å². The van der Waals surface area contributed by atoms with Crippen LogP contribution in [-0.2, 0) is 0 Å². The lowest BCUT2D eigenvalue weighted by molar-refractivity contribution is 0.0945. The van der Waals surface area contributed by atoms with Gasteiger partial charge in [0.05, 0.1) is 5.56 Å². The maximum absolute atomic E-state index is 12.0. The van der Waals surface area contributed by atoms with E-state index < -0.39 is 0 Å². The molecule has 0 unspecified atom stereocenters. The Kier molecular flexibility index (Phi) is 4.80. The minimum Gasteiger partial charge on any atom is -0.352 e. The van der Waals surface area contributed by atoms with Crippen LogP contribution in [0.5, 0.6) is 0 Å². The molecule has 1 amide bonds. The van der Waals surface area contributed by atoms with Crippen molar-refractivity contribution in [3.05, 3.63) is 24.3 Å². The van der Waals surface area contributed by atoms with Gasteiger partial charge < -0.3 is 10.2 Å². The summed E-state index contributed by atoms with van der Waals surface area (Å²) < 4.78 is 0.